The van der Waals surface area contributed by atoms with Crippen LogP contribution in [0.25, 0.3) is 0 Å². The zero-order valence-electron chi connectivity index (χ0n) is 7.47. The van der Waals surface area contributed by atoms with E-state index in [0.717, 1.165) is 12.8 Å². The summed E-state index contributed by atoms with van der Waals surface area (Å²) >= 11 is 0. The molecule has 66 valence electrons. The maximum Gasteiger partial charge on any atom is 0.219 e. The van der Waals surface area contributed by atoms with Gasteiger partial charge in [-0.25, -0.2) is 0 Å². The fourth-order valence-electron chi connectivity index (χ4n) is 0.817. The van der Waals surface area contributed by atoms with Crippen LogP contribution in [-0.4, -0.2) is 12.5 Å². The Labute approximate surface area is 74.0 Å². The Bertz CT molecular complexity index is 189. The summed E-state index contributed by atoms with van der Waals surface area (Å²) < 4.78 is 0. The third-order valence-corrected chi connectivity index (χ3v) is 1.36. The van der Waals surface area contributed by atoms with E-state index in [1.54, 1.807) is 6.08 Å². The normalized spacial score (nSPS) is 9.67. The number of nitrogens with one attached hydrogen (secondary N) is 1. The zero-order chi connectivity index (χ0) is 9.23. The highest BCUT2D eigenvalue weighted by Crippen LogP contribution is 1.95. The van der Waals surface area contributed by atoms with E-state index in [4.69, 9.17) is 6.42 Å². The standard InChI is InChI=1S/C10H15NO/c1-3-5-6-7-8-9-10(12)11-4-2/h1,5-6H,4,7-9H2,2H3,(H,11,12)/b6-5-. The average molecular weight is 165 g/mol. The Morgan fingerprint density at radius 2 is 2.42 bits per heavy atom. The summed E-state index contributed by atoms with van der Waals surface area (Å²) in [5.74, 6) is 2.52. The van der Waals surface area contributed by atoms with E-state index >= 15 is 0 Å². The van der Waals surface area contributed by atoms with Gasteiger partial charge in [0.05, 0.1) is 0 Å². The first-order valence-electron chi connectivity index (χ1n) is 4.19. The number of terminal acetylenes is 1. The van der Waals surface area contributed by atoms with E-state index in [2.05, 4.69) is 11.2 Å². The molecule has 0 aliphatic heterocycles. The van der Waals surface area contributed by atoms with Gasteiger partial charge in [-0.3, -0.25) is 4.79 Å². The monoisotopic (exact) mass is 165 g/mol. The topological polar surface area (TPSA) is 29.1 Å². The summed E-state index contributed by atoms with van der Waals surface area (Å²) in [5, 5.41) is 2.73. The number of carbonyl (C=O) groups excluding carboxylic acids is 1. The molecule has 0 aromatic heterocycles. The number of hydrogen-bond acceptors (Lipinski definition) is 1. The summed E-state index contributed by atoms with van der Waals surface area (Å²) in [4.78, 5) is 10.9. The lowest BCUT2D eigenvalue weighted by atomic mass is 10.2. The van der Waals surface area contributed by atoms with Gasteiger partial charge in [-0.15, -0.1) is 6.42 Å². The van der Waals surface area contributed by atoms with Crippen molar-refractivity contribution in [3.8, 4) is 12.3 Å². The van der Waals surface area contributed by atoms with E-state index in [0.29, 0.717) is 13.0 Å². The number of carbonyl (C=O) groups is 1. The molecule has 1 N–H and O–H groups in total. The number of amides is 1. The molecule has 0 spiro atoms. The van der Waals surface area contributed by atoms with Gasteiger partial charge in [0.25, 0.3) is 0 Å². The Morgan fingerprint density at radius 1 is 1.67 bits per heavy atom. The zero-order valence-corrected chi connectivity index (χ0v) is 7.47. The Kier molecular flexibility index (Phi) is 7.07. The van der Waals surface area contributed by atoms with E-state index in [-0.39, 0.29) is 5.91 Å². The molecule has 0 unspecified atom stereocenters. The molecule has 0 aliphatic rings. The van der Waals surface area contributed by atoms with Crippen molar-refractivity contribution in [2.24, 2.45) is 0 Å². The van der Waals surface area contributed by atoms with Gasteiger partial charge in [0.2, 0.25) is 5.91 Å². The Morgan fingerprint density at radius 3 is 3.00 bits per heavy atom. The summed E-state index contributed by atoms with van der Waals surface area (Å²) in [5.41, 5.74) is 0. The van der Waals surface area contributed by atoms with Crippen LogP contribution in [0.3, 0.4) is 0 Å². The van der Waals surface area contributed by atoms with Crippen LogP contribution in [0.1, 0.15) is 26.2 Å². The second-order valence-electron chi connectivity index (χ2n) is 2.41. The molecule has 2 nitrogen and oxygen atoms in total. The summed E-state index contributed by atoms with van der Waals surface area (Å²) in [6.07, 6.45) is 10.9. The molecule has 0 fully saturated rings. The number of allylic oxidation sites excluding steroid dienone is 2. The molecule has 0 heterocycles. The second kappa shape index (κ2) is 7.87. The van der Waals surface area contributed by atoms with Crippen molar-refractivity contribution in [2.75, 3.05) is 6.54 Å². The molecule has 0 aliphatic carbocycles. The van der Waals surface area contributed by atoms with Crippen molar-refractivity contribution in [3.05, 3.63) is 12.2 Å². The molecule has 2 heteroatoms. The average Bonchev–Trinajstić information content (AvgIpc) is 2.05. The summed E-state index contributed by atoms with van der Waals surface area (Å²) in [7, 11) is 0. The third kappa shape index (κ3) is 6.88. The number of hydrogen-bond donors (Lipinski definition) is 1. The minimum atomic E-state index is 0.117. The maximum absolute atomic E-state index is 10.9. The molecule has 0 saturated carbocycles. The van der Waals surface area contributed by atoms with E-state index in [1.165, 1.54) is 0 Å². The lowest BCUT2D eigenvalue weighted by Gasteiger charge is -1.98. The molecule has 0 atom stereocenters. The molecular weight excluding hydrogens is 150 g/mol. The molecule has 0 aromatic carbocycles. The number of rotatable bonds is 5. The van der Waals surface area contributed by atoms with Crippen LogP contribution in [0.15, 0.2) is 12.2 Å². The van der Waals surface area contributed by atoms with Crippen LogP contribution in [0.2, 0.25) is 0 Å². The third-order valence-electron chi connectivity index (χ3n) is 1.36. The van der Waals surface area contributed by atoms with E-state index in [9.17, 15) is 4.79 Å². The van der Waals surface area contributed by atoms with E-state index in [1.807, 2.05) is 13.0 Å². The van der Waals surface area contributed by atoms with Gasteiger partial charge < -0.3 is 5.32 Å². The first-order chi connectivity index (χ1) is 5.81. The SMILES string of the molecule is C#C/C=C\CCCC(=O)NCC. The van der Waals surface area contributed by atoms with Gasteiger partial charge in [0.1, 0.15) is 0 Å². The molecule has 12 heavy (non-hydrogen) atoms. The predicted octanol–water partition coefficient (Wildman–Crippen LogP) is 1.48. The van der Waals surface area contributed by atoms with Crippen molar-refractivity contribution in [2.45, 2.75) is 26.2 Å². The van der Waals surface area contributed by atoms with Gasteiger partial charge in [0, 0.05) is 13.0 Å². The molecule has 1 amide bonds. The van der Waals surface area contributed by atoms with Gasteiger partial charge in [-0.2, -0.15) is 0 Å². The van der Waals surface area contributed by atoms with Gasteiger partial charge in [-0.1, -0.05) is 12.0 Å². The highest BCUT2D eigenvalue weighted by atomic mass is 16.1. The molecule has 0 radical (unpaired) electrons. The van der Waals surface area contributed by atoms with Crippen LogP contribution >= 0.6 is 0 Å². The summed E-state index contributed by atoms with van der Waals surface area (Å²) in [6.45, 7) is 2.62. The quantitative estimate of drug-likeness (QED) is 0.485. The van der Waals surface area contributed by atoms with Crippen molar-refractivity contribution in [3.63, 3.8) is 0 Å². The molecule has 0 aromatic rings. The van der Waals surface area contributed by atoms with Gasteiger partial charge in [0.15, 0.2) is 0 Å². The number of unbranched alkanes of at least 4 members (excludes halogenated alkanes) is 1. The predicted molar refractivity (Wildman–Crippen MR) is 50.5 cm³/mol. The van der Waals surface area contributed by atoms with Gasteiger partial charge >= 0.3 is 0 Å². The fraction of sp³-hybridized carbons (Fsp3) is 0.500. The Hall–Kier alpha value is -1.23. The summed E-state index contributed by atoms with van der Waals surface area (Å²) in [6, 6.07) is 0. The van der Waals surface area contributed by atoms with Crippen molar-refractivity contribution < 1.29 is 4.79 Å². The second-order valence-corrected chi connectivity index (χ2v) is 2.41. The van der Waals surface area contributed by atoms with Crippen molar-refractivity contribution in [1.82, 2.24) is 5.32 Å². The first kappa shape index (κ1) is 10.8. The largest absolute Gasteiger partial charge is 0.356 e. The minimum absolute atomic E-state index is 0.117. The highest BCUT2D eigenvalue weighted by Gasteiger charge is 1.95. The lowest BCUT2D eigenvalue weighted by Crippen LogP contribution is -2.21. The van der Waals surface area contributed by atoms with Crippen LogP contribution in [0.4, 0.5) is 0 Å². The molecule has 0 rings (SSSR count). The van der Waals surface area contributed by atoms with Crippen LogP contribution in [0.5, 0.6) is 0 Å². The molecule has 0 saturated heterocycles. The lowest BCUT2D eigenvalue weighted by molar-refractivity contribution is -0.121. The van der Waals surface area contributed by atoms with E-state index < -0.39 is 0 Å². The first-order valence-corrected chi connectivity index (χ1v) is 4.19. The highest BCUT2D eigenvalue weighted by molar-refractivity contribution is 5.75. The fourth-order valence-corrected chi connectivity index (χ4v) is 0.817. The smallest absolute Gasteiger partial charge is 0.219 e. The van der Waals surface area contributed by atoms with Crippen molar-refractivity contribution >= 4 is 5.91 Å². The molecular formula is C10H15NO. The molecule has 0 bridgehead atoms. The maximum atomic E-state index is 10.9. The minimum Gasteiger partial charge on any atom is -0.356 e. The van der Waals surface area contributed by atoms with Gasteiger partial charge in [-0.05, 0) is 25.8 Å². The van der Waals surface area contributed by atoms with Crippen LogP contribution < -0.4 is 5.32 Å². The van der Waals surface area contributed by atoms with Crippen LogP contribution in [0, 0.1) is 12.3 Å². The van der Waals surface area contributed by atoms with Crippen molar-refractivity contribution in [1.29, 1.82) is 0 Å². The Balaban J connectivity index is 3.26. The van der Waals surface area contributed by atoms with Crippen LogP contribution in [-0.2, 0) is 4.79 Å².